The summed E-state index contributed by atoms with van der Waals surface area (Å²) in [4.78, 5) is 25.1. The van der Waals surface area contributed by atoms with Crippen molar-refractivity contribution in [1.29, 1.82) is 0 Å². The van der Waals surface area contributed by atoms with Gasteiger partial charge in [0.15, 0.2) is 5.78 Å². The van der Waals surface area contributed by atoms with Gasteiger partial charge in [0.2, 0.25) is 0 Å². The third-order valence-electron chi connectivity index (χ3n) is 5.51. The molecule has 0 heterocycles. The minimum absolute atomic E-state index is 0.0438. The molecule has 0 saturated heterocycles. The van der Waals surface area contributed by atoms with Crippen molar-refractivity contribution >= 4 is 11.8 Å². The summed E-state index contributed by atoms with van der Waals surface area (Å²) in [5.74, 6) is 1.10. The Morgan fingerprint density at radius 2 is 1.81 bits per heavy atom. The molecule has 0 spiro atoms. The highest BCUT2D eigenvalue weighted by atomic mass is 16.5. The molecule has 2 aliphatic rings. The second kappa shape index (κ2) is 4.58. The van der Waals surface area contributed by atoms with Gasteiger partial charge in [-0.15, -0.1) is 0 Å². The summed E-state index contributed by atoms with van der Waals surface area (Å²) in [6.45, 7) is 4.04. The highest BCUT2D eigenvalue weighted by Crippen LogP contribution is 2.64. The Morgan fingerprint density at radius 1 is 1.19 bits per heavy atom. The normalized spacial score (nSPS) is 29.5. The number of esters is 1. The average molecular weight is 288 g/mol. The lowest BCUT2D eigenvalue weighted by Crippen LogP contribution is -2.45. The first kappa shape index (κ1) is 14.1. The van der Waals surface area contributed by atoms with Gasteiger partial charge in [0.25, 0.3) is 0 Å². The second-order valence-electron chi connectivity index (χ2n) is 6.55. The van der Waals surface area contributed by atoms with E-state index in [4.69, 9.17) is 9.47 Å². The zero-order valence-corrected chi connectivity index (χ0v) is 12.6. The zero-order valence-electron chi connectivity index (χ0n) is 12.6. The molecule has 112 valence electrons. The Hall–Kier alpha value is -1.84. The largest absolute Gasteiger partial charge is 0.497 e. The molecule has 1 aromatic rings. The molecular formula is C17H20O4. The Kier molecular flexibility index (Phi) is 3.08. The molecule has 0 aliphatic heterocycles. The van der Waals surface area contributed by atoms with E-state index in [1.54, 1.807) is 31.4 Å². The molecule has 2 saturated carbocycles. The fraction of sp³-hybridized carbons (Fsp3) is 0.529. The van der Waals surface area contributed by atoms with Crippen molar-refractivity contribution in [2.45, 2.75) is 33.1 Å². The van der Waals surface area contributed by atoms with Crippen molar-refractivity contribution in [3.05, 3.63) is 24.3 Å². The van der Waals surface area contributed by atoms with E-state index in [1.165, 1.54) is 0 Å². The number of carbonyl (C=O) groups excluding carboxylic acids is 2. The monoisotopic (exact) mass is 288 g/mol. The van der Waals surface area contributed by atoms with Crippen LogP contribution in [-0.2, 0) is 9.59 Å². The number of Topliss-reactive ketones (excluding diaryl/α,β-unsaturated/α-hetero) is 1. The van der Waals surface area contributed by atoms with Crippen molar-refractivity contribution in [3.8, 4) is 11.5 Å². The Labute approximate surface area is 124 Å². The number of rotatable bonds is 3. The van der Waals surface area contributed by atoms with Crippen molar-refractivity contribution in [2.24, 2.45) is 16.7 Å². The maximum atomic E-state index is 12.7. The van der Waals surface area contributed by atoms with Crippen LogP contribution in [0.15, 0.2) is 24.3 Å². The molecular weight excluding hydrogens is 268 g/mol. The number of ether oxygens (including phenoxy) is 2. The Bertz CT molecular complexity index is 587. The molecule has 0 radical (unpaired) electrons. The van der Waals surface area contributed by atoms with Crippen LogP contribution in [0.25, 0.3) is 0 Å². The molecule has 2 bridgehead atoms. The maximum absolute atomic E-state index is 12.7. The Morgan fingerprint density at radius 3 is 2.29 bits per heavy atom. The summed E-state index contributed by atoms with van der Waals surface area (Å²) in [5.41, 5.74) is -1.27. The molecule has 1 aromatic carbocycles. The predicted octanol–water partition coefficient (Wildman–Crippen LogP) is 3.00. The average Bonchev–Trinajstić information content (AvgIpc) is 2.83. The quantitative estimate of drug-likeness (QED) is 0.487. The number of carbonyl (C=O) groups is 2. The topological polar surface area (TPSA) is 52.6 Å². The molecule has 21 heavy (non-hydrogen) atoms. The number of ketones is 1. The highest BCUT2D eigenvalue weighted by Gasteiger charge is 2.69. The van der Waals surface area contributed by atoms with Crippen molar-refractivity contribution in [1.82, 2.24) is 0 Å². The van der Waals surface area contributed by atoms with Gasteiger partial charge in [0, 0.05) is 6.42 Å². The lowest BCUT2D eigenvalue weighted by Gasteiger charge is -2.33. The molecule has 3 rings (SSSR count). The van der Waals surface area contributed by atoms with E-state index in [-0.39, 0.29) is 11.2 Å². The summed E-state index contributed by atoms with van der Waals surface area (Å²) >= 11 is 0. The summed E-state index contributed by atoms with van der Waals surface area (Å²) in [6.07, 6.45) is 2.04. The maximum Gasteiger partial charge on any atom is 0.325 e. The van der Waals surface area contributed by atoms with Crippen molar-refractivity contribution in [3.63, 3.8) is 0 Å². The van der Waals surface area contributed by atoms with E-state index < -0.39 is 11.4 Å². The van der Waals surface area contributed by atoms with Crippen LogP contribution in [0, 0.1) is 16.7 Å². The molecule has 2 atom stereocenters. The minimum Gasteiger partial charge on any atom is -0.497 e. The number of benzene rings is 1. The molecule has 0 amide bonds. The fourth-order valence-electron chi connectivity index (χ4n) is 3.99. The predicted molar refractivity (Wildman–Crippen MR) is 77.2 cm³/mol. The first-order valence-corrected chi connectivity index (χ1v) is 7.31. The molecule has 0 aromatic heterocycles. The lowest BCUT2D eigenvalue weighted by atomic mass is 9.69. The summed E-state index contributed by atoms with van der Waals surface area (Å²) in [5, 5.41) is 0. The van der Waals surface area contributed by atoms with Gasteiger partial charge in [0.1, 0.15) is 16.9 Å². The summed E-state index contributed by atoms with van der Waals surface area (Å²) in [7, 11) is 1.58. The molecule has 0 N–H and O–H groups in total. The van der Waals surface area contributed by atoms with Gasteiger partial charge in [-0.3, -0.25) is 9.59 Å². The van der Waals surface area contributed by atoms with Crippen LogP contribution in [0.2, 0.25) is 0 Å². The number of hydrogen-bond acceptors (Lipinski definition) is 4. The first-order chi connectivity index (χ1) is 9.91. The SMILES string of the molecule is COc1ccc(OC(=O)[C@]23CC[C@H](CC2=O)C3(C)C)cc1. The van der Waals surface area contributed by atoms with Gasteiger partial charge in [-0.1, -0.05) is 13.8 Å². The van der Waals surface area contributed by atoms with Crippen LogP contribution < -0.4 is 9.47 Å². The number of hydrogen-bond donors (Lipinski definition) is 0. The van der Waals surface area contributed by atoms with Crippen LogP contribution in [0.1, 0.15) is 33.1 Å². The van der Waals surface area contributed by atoms with Crippen LogP contribution in [0.3, 0.4) is 0 Å². The van der Waals surface area contributed by atoms with E-state index in [1.807, 2.05) is 13.8 Å². The molecule has 4 nitrogen and oxygen atoms in total. The van der Waals surface area contributed by atoms with E-state index in [9.17, 15) is 9.59 Å². The Balaban J connectivity index is 1.86. The zero-order chi connectivity index (χ0) is 15.3. The fourth-order valence-corrected chi connectivity index (χ4v) is 3.99. The van der Waals surface area contributed by atoms with E-state index in [0.717, 1.165) is 6.42 Å². The second-order valence-corrected chi connectivity index (χ2v) is 6.55. The smallest absolute Gasteiger partial charge is 0.325 e. The van der Waals surface area contributed by atoms with Gasteiger partial charge in [-0.25, -0.2) is 0 Å². The third kappa shape index (κ3) is 1.81. The van der Waals surface area contributed by atoms with E-state index >= 15 is 0 Å². The van der Waals surface area contributed by atoms with Crippen LogP contribution in [-0.4, -0.2) is 18.9 Å². The van der Waals surface area contributed by atoms with Gasteiger partial charge in [-0.2, -0.15) is 0 Å². The van der Waals surface area contributed by atoms with Crippen molar-refractivity contribution < 1.29 is 19.1 Å². The summed E-state index contributed by atoms with van der Waals surface area (Å²) < 4.78 is 10.6. The first-order valence-electron chi connectivity index (χ1n) is 7.31. The molecule has 0 unspecified atom stereocenters. The minimum atomic E-state index is -0.961. The van der Waals surface area contributed by atoms with E-state index in [0.29, 0.717) is 30.3 Å². The standard InChI is InChI=1S/C17H20O4/c1-16(2)11-8-9-17(16,14(18)10-11)15(19)21-13-6-4-12(20-3)5-7-13/h4-7,11H,8-10H2,1-3H3/t11-,17+/m1/s1. The lowest BCUT2D eigenvalue weighted by molar-refractivity contribution is -0.156. The van der Waals surface area contributed by atoms with Gasteiger partial charge in [0.05, 0.1) is 7.11 Å². The summed E-state index contributed by atoms with van der Waals surface area (Å²) in [6, 6.07) is 6.84. The van der Waals surface area contributed by atoms with Crippen molar-refractivity contribution in [2.75, 3.05) is 7.11 Å². The van der Waals surface area contributed by atoms with E-state index in [2.05, 4.69) is 0 Å². The van der Waals surface area contributed by atoms with Gasteiger partial charge < -0.3 is 9.47 Å². The molecule has 2 aliphatic carbocycles. The number of fused-ring (bicyclic) bond motifs is 2. The van der Waals surface area contributed by atoms with Crippen LogP contribution in [0.4, 0.5) is 0 Å². The van der Waals surface area contributed by atoms with Crippen LogP contribution in [0.5, 0.6) is 11.5 Å². The highest BCUT2D eigenvalue weighted by molar-refractivity contribution is 6.08. The van der Waals surface area contributed by atoms with Gasteiger partial charge >= 0.3 is 5.97 Å². The number of methoxy groups -OCH3 is 1. The third-order valence-corrected chi connectivity index (χ3v) is 5.51. The van der Waals surface area contributed by atoms with Crippen LogP contribution >= 0.6 is 0 Å². The van der Waals surface area contributed by atoms with Gasteiger partial charge in [-0.05, 0) is 48.4 Å². The molecule has 2 fully saturated rings. The molecule has 4 heteroatoms.